The van der Waals surface area contributed by atoms with Crippen LogP contribution in [0.4, 0.5) is 24.5 Å². The Kier molecular flexibility index (Phi) is 4.28. The van der Waals surface area contributed by atoms with E-state index >= 15 is 0 Å². The monoisotopic (exact) mass is 346 g/mol. The second-order valence-corrected chi connectivity index (χ2v) is 6.24. The van der Waals surface area contributed by atoms with Crippen LogP contribution >= 0.6 is 0 Å². The van der Waals surface area contributed by atoms with Gasteiger partial charge >= 0.3 is 5.69 Å². The Morgan fingerprint density at radius 2 is 1.65 bits per heavy atom. The van der Waals surface area contributed by atoms with Gasteiger partial charge in [-0.15, -0.1) is 0 Å². The molecule has 0 radical (unpaired) electrons. The minimum atomic E-state index is -4.42. The highest BCUT2D eigenvalue weighted by atomic mass is 32.2. The first-order valence-electron chi connectivity index (χ1n) is 6.05. The number of nitrogens with one attached hydrogen (secondary N) is 1. The maximum Gasteiger partial charge on any atom is 0.334 e. The molecule has 2 aromatic carbocycles. The molecule has 0 aliphatic carbocycles. The van der Waals surface area contributed by atoms with Crippen molar-refractivity contribution in [3.05, 3.63) is 63.5 Å². The number of benzene rings is 2. The summed E-state index contributed by atoms with van der Waals surface area (Å²) >= 11 is 0. The van der Waals surface area contributed by atoms with Gasteiger partial charge in [-0.1, -0.05) is 17.7 Å². The molecule has 0 saturated carbocycles. The highest BCUT2D eigenvalue weighted by molar-refractivity contribution is 7.92. The smallest absolute Gasteiger partial charge is 0.270 e. The van der Waals surface area contributed by atoms with Gasteiger partial charge in [0.1, 0.15) is 0 Å². The highest BCUT2D eigenvalue weighted by Gasteiger charge is 2.31. The number of hydrogen-bond donors (Lipinski definition) is 1. The molecule has 2 rings (SSSR count). The molecular weight excluding hydrogens is 337 g/mol. The van der Waals surface area contributed by atoms with Crippen LogP contribution in [0.1, 0.15) is 5.56 Å². The van der Waals surface area contributed by atoms with Gasteiger partial charge in [0.2, 0.25) is 5.82 Å². The Labute approximate surface area is 128 Å². The molecule has 1 N–H and O–H groups in total. The van der Waals surface area contributed by atoms with Crippen LogP contribution < -0.4 is 4.72 Å². The lowest BCUT2D eigenvalue weighted by Crippen LogP contribution is -2.16. The van der Waals surface area contributed by atoms with E-state index in [0.29, 0.717) is 0 Å². The van der Waals surface area contributed by atoms with Gasteiger partial charge < -0.3 is 0 Å². The van der Waals surface area contributed by atoms with Crippen molar-refractivity contribution in [1.82, 2.24) is 0 Å². The Bertz CT molecular complexity index is 883. The van der Waals surface area contributed by atoms with Crippen LogP contribution in [-0.2, 0) is 10.0 Å². The van der Waals surface area contributed by atoms with E-state index in [1.165, 1.54) is 24.3 Å². The molecule has 23 heavy (non-hydrogen) atoms. The van der Waals surface area contributed by atoms with Crippen molar-refractivity contribution in [3.8, 4) is 0 Å². The SMILES string of the molecule is Cc1ccc(S(=O)(=O)Nc2c(F)cc(F)c(F)c2[N+](=O)[O-])cc1. The molecule has 0 unspecified atom stereocenters. The van der Waals surface area contributed by atoms with E-state index in [1.807, 2.05) is 0 Å². The van der Waals surface area contributed by atoms with E-state index in [0.717, 1.165) is 5.56 Å². The third-order valence-electron chi connectivity index (χ3n) is 2.90. The summed E-state index contributed by atoms with van der Waals surface area (Å²) in [5, 5.41) is 10.8. The van der Waals surface area contributed by atoms with Crippen molar-refractivity contribution in [2.75, 3.05) is 4.72 Å². The van der Waals surface area contributed by atoms with Crippen LogP contribution in [0.15, 0.2) is 35.2 Å². The van der Waals surface area contributed by atoms with Gasteiger partial charge in [-0.05, 0) is 19.1 Å². The topological polar surface area (TPSA) is 89.3 Å². The lowest BCUT2D eigenvalue weighted by molar-refractivity contribution is -0.387. The fraction of sp³-hybridized carbons (Fsp3) is 0.0769. The summed E-state index contributed by atoms with van der Waals surface area (Å²) in [6.07, 6.45) is 0. The average molecular weight is 346 g/mol. The maximum atomic E-state index is 13.7. The first-order chi connectivity index (χ1) is 10.6. The lowest BCUT2D eigenvalue weighted by Gasteiger charge is -2.10. The van der Waals surface area contributed by atoms with Gasteiger partial charge in [0.25, 0.3) is 10.0 Å². The predicted molar refractivity (Wildman–Crippen MR) is 75.0 cm³/mol. The van der Waals surface area contributed by atoms with Gasteiger partial charge in [0.15, 0.2) is 17.3 Å². The third kappa shape index (κ3) is 3.26. The summed E-state index contributed by atoms with van der Waals surface area (Å²) < 4.78 is 66.1. The van der Waals surface area contributed by atoms with Crippen LogP contribution in [0.2, 0.25) is 0 Å². The van der Waals surface area contributed by atoms with Crippen LogP contribution in [0.5, 0.6) is 0 Å². The molecule has 0 aliphatic heterocycles. The molecule has 0 saturated heterocycles. The molecule has 0 amide bonds. The van der Waals surface area contributed by atoms with Crippen LogP contribution in [-0.4, -0.2) is 13.3 Å². The molecule has 0 fully saturated rings. The third-order valence-corrected chi connectivity index (χ3v) is 4.26. The quantitative estimate of drug-likeness (QED) is 0.523. The van der Waals surface area contributed by atoms with Crippen LogP contribution in [0.25, 0.3) is 0 Å². The molecule has 6 nitrogen and oxygen atoms in total. The summed E-state index contributed by atoms with van der Waals surface area (Å²) in [4.78, 5) is 9.09. The zero-order chi connectivity index (χ0) is 17.4. The van der Waals surface area contributed by atoms with Gasteiger partial charge in [0, 0.05) is 6.07 Å². The second kappa shape index (κ2) is 5.88. The molecule has 0 atom stereocenters. The van der Waals surface area contributed by atoms with Crippen molar-refractivity contribution in [1.29, 1.82) is 0 Å². The molecule has 122 valence electrons. The minimum absolute atomic E-state index is 0.0231. The van der Waals surface area contributed by atoms with Crippen molar-refractivity contribution in [3.63, 3.8) is 0 Å². The molecule has 0 aromatic heterocycles. The first-order valence-corrected chi connectivity index (χ1v) is 7.53. The maximum absolute atomic E-state index is 13.7. The zero-order valence-corrected chi connectivity index (χ0v) is 12.3. The number of halogens is 3. The predicted octanol–water partition coefficient (Wildman–Crippen LogP) is 3.12. The fourth-order valence-electron chi connectivity index (χ4n) is 1.76. The summed E-state index contributed by atoms with van der Waals surface area (Å²) in [5.41, 5.74) is -2.15. The summed E-state index contributed by atoms with van der Waals surface area (Å²) in [6, 6.07) is 5.28. The summed E-state index contributed by atoms with van der Waals surface area (Å²) in [7, 11) is -4.42. The van der Waals surface area contributed by atoms with Gasteiger partial charge in [-0.2, -0.15) is 4.39 Å². The van der Waals surface area contributed by atoms with Gasteiger partial charge in [0.05, 0.1) is 9.82 Å². The molecule has 0 heterocycles. The Hall–Kier alpha value is -2.62. The number of hydrogen-bond acceptors (Lipinski definition) is 4. The zero-order valence-electron chi connectivity index (χ0n) is 11.5. The van der Waals surface area contributed by atoms with Crippen molar-refractivity contribution in [2.45, 2.75) is 11.8 Å². The molecule has 10 heteroatoms. The first kappa shape index (κ1) is 16.7. The molecule has 0 aliphatic rings. The Morgan fingerprint density at radius 1 is 1.09 bits per heavy atom. The summed E-state index contributed by atoms with van der Waals surface area (Å²) in [6.45, 7) is 1.70. The van der Waals surface area contributed by atoms with Gasteiger partial charge in [-0.3, -0.25) is 14.8 Å². The Morgan fingerprint density at radius 3 is 2.17 bits per heavy atom. The van der Waals surface area contributed by atoms with Crippen molar-refractivity contribution in [2.24, 2.45) is 0 Å². The molecule has 0 spiro atoms. The molecule has 0 bridgehead atoms. The van der Waals surface area contributed by atoms with Gasteiger partial charge in [-0.25, -0.2) is 17.2 Å². The molecule has 2 aromatic rings. The van der Waals surface area contributed by atoms with Crippen LogP contribution in [0.3, 0.4) is 0 Å². The average Bonchev–Trinajstić information content (AvgIpc) is 2.44. The molecular formula is C13H9F3N2O4S. The van der Waals surface area contributed by atoms with E-state index in [4.69, 9.17) is 0 Å². The number of aryl methyl sites for hydroxylation is 1. The Balaban J connectivity index is 2.57. The standard InChI is InChI=1S/C13H9F3N2O4S/c1-7-2-4-8(5-3-7)23(21,22)17-12-10(15)6-9(14)11(16)13(12)18(19)20/h2-6,17H,1H3. The number of anilines is 1. The number of nitro benzene ring substituents is 1. The second-order valence-electron chi connectivity index (χ2n) is 4.55. The van der Waals surface area contributed by atoms with Crippen molar-refractivity contribution < 1.29 is 26.5 Å². The van der Waals surface area contributed by atoms with E-state index in [-0.39, 0.29) is 11.0 Å². The van der Waals surface area contributed by atoms with E-state index < -0.39 is 43.8 Å². The van der Waals surface area contributed by atoms with Crippen LogP contribution in [0, 0.1) is 34.5 Å². The lowest BCUT2D eigenvalue weighted by atomic mass is 10.2. The number of nitro groups is 1. The van der Waals surface area contributed by atoms with E-state index in [9.17, 15) is 31.7 Å². The highest BCUT2D eigenvalue weighted by Crippen LogP contribution is 2.33. The number of nitrogens with zero attached hydrogens (tertiary/aromatic N) is 1. The summed E-state index contributed by atoms with van der Waals surface area (Å²) in [5.74, 6) is -5.36. The largest absolute Gasteiger partial charge is 0.334 e. The number of rotatable bonds is 4. The normalized spacial score (nSPS) is 11.3. The number of sulfonamides is 1. The van der Waals surface area contributed by atoms with E-state index in [1.54, 1.807) is 11.6 Å². The minimum Gasteiger partial charge on any atom is -0.270 e. The fourth-order valence-corrected chi connectivity index (χ4v) is 2.84. The van der Waals surface area contributed by atoms with E-state index in [2.05, 4.69) is 0 Å². The van der Waals surface area contributed by atoms with Crippen molar-refractivity contribution >= 4 is 21.4 Å².